The molecular weight excluding hydrogens is 288 g/mol. The Labute approximate surface area is 138 Å². The van der Waals surface area contributed by atoms with Crippen LogP contribution in [0.5, 0.6) is 0 Å². The first-order chi connectivity index (χ1) is 11.0. The summed E-state index contributed by atoms with van der Waals surface area (Å²) in [6, 6.07) is 7.67. The minimum absolute atomic E-state index is 0.0987. The number of fused-ring (bicyclic) bond motifs is 2. The van der Waals surface area contributed by atoms with Gasteiger partial charge < -0.3 is 10.2 Å². The van der Waals surface area contributed by atoms with Gasteiger partial charge in [-0.15, -0.1) is 0 Å². The van der Waals surface area contributed by atoms with Gasteiger partial charge in [0.1, 0.15) is 0 Å². The van der Waals surface area contributed by atoms with Crippen LogP contribution >= 0.6 is 0 Å². The highest BCUT2D eigenvalue weighted by Gasteiger charge is 2.40. The molecule has 3 atom stereocenters. The lowest BCUT2D eigenvalue weighted by atomic mass is 9.86. The summed E-state index contributed by atoms with van der Waals surface area (Å²) >= 11 is 0. The number of rotatable bonds is 5. The van der Waals surface area contributed by atoms with Crippen LogP contribution in [0, 0.1) is 24.7 Å². The van der Waals surface area contributed by atoms with Gasteiger partial charge in [0.2, 0.25) is 11.8 Å². The van der Waals surface area contributed by atoms with Gasteiger partial charge in [0, 0.05) is 19.2 Å². The number of aryl methyl sites for hydroxylation is 1. The zero-order valence-corrected chi connectivity index (χ0v) is 14.0. The Bertz CT molecular complexity index is 582. The number of nitrogens with zero attached hydrogens (tertiary/aromatic N) is 1. The first kappa shape index (κ1) is 16.0. The van der Waals surface area contributed by atoms with Gasteiger partial charge in [-0.05, 0) is 56.1 Å². The number of benzene rings is 1. The molecule has 2 aliphatic carbocycles. The van der Waals surface area contributed by atoms with E-state index in [1.165, 1.54) is 25.7 Å². The molecule has 0 aromatic heterocycles. The number of hydrogen-bond acceptors (Lipinski definition) is 2. The number of hydrogen-bond donors (Lipinski definition) is 1. The lowest BCUT2D eigenvalue weighted by Crippen LogP contribution is -2.36. The minimum Gasteiger partial charge on any atom is -0.336 e. The number of carbonyl (C=O) groups excluding carboxylic acids is 2. The Balaban J connectivity index is 1.46. The smallest absolute Gasteiger partial charge is 0.243 e. The van der Waals surface area contributed by atoms with Gasteiger partial charge in [-0.2, -0.15) is 0 Å². The lowest BCUT2D eigenvalue weighted by molar-refractivity contribution is -0.134. The van der Waals surface area contributed by atoms with Crippen molar-refractivity contribution in [3.63, 3.8) is 0 Å². The maximum Gasteiger partial charge on any atom is 0.243 e. The van der Waals surface area contributed by atoms with Gasteiger partial charge in [0.05, 0.1) is 6.54 Å². The van der Waals surface area contributed by atoms with Crippen molar-refractivity contribution in [1.82, 2.24) is 4.90 Å². The van der Waals surface area contributed by atoms with E-state index in [-0.39, 0.29) is 18.4 Å². The molecule has 1 aromatic rings. The standard InChI is InChI=1S/C19H26N2O2/c1-13-3-7-17(8-4-13)20-18(22)12-21(2)19(23)11-16-10-14-5-6-15(16)9-14/h3-4,7-8,14-16H,5-6,9-12H2,1-2H3,(H,20,22). The summed E-state index contributed by atoms with van der Waals surface area (Å²) in [6.45, 7) is 2.13. The van der Waals surface area contributed by atoms with Crippen LogP contribution in [0.2, 0.25) is 0 Å². The molecule has 2 saturated carbocycles. The summed E-state index contributed by atoms with van der Waals surface area (Å²) in [5.74, 6) is 2.11. The van der Waals surface area contributed by atoms with Gasteiger partial charge in [-0.1, -0.05) is 24.1 Å². The normalized spacial score (nSPS) is 25.4. The molecule has 0 spiro atoms. The van der Waals surface area contributed by atoms with Crippen LogP contribution < -0.4 is 5.32 Å². The Morgan fingerprint density at radius 3 is 2.52 bits per heavy atom. The van der Waals surface area contributed by atoms with E-state index < -0.39 is 0 Å². The Morgan fingerprint density at radius 2 is 1.91 bits per heavy atom. The molecule has 1 N–H and O–H groups in total. The van der Waals surface area contributed by atoms with E-state index >= 15 is 0 Å². The molecule has 23 heavy (non-hydrogen) atoms. The topological polar surface area (TPSA) is 49.4 Å². The number of amides is 2. The first-order valence-electron chi connectivity index (χ1n) is 8.61. The second-order valence-corrected chi connectivity index (χ2v) is 7.30. The predicted octanol–water partition coefficient (Wildman–Crippen LogP) is 3.22. The summed E-state index contributed by atoms with van der Waals surface area (Å²) in [4.78, 5) is 26.0. The Hall–Kier alpha value is -1.84. The van der Waals surface area contributed by atoms with Crippen LogP contribution in [0.1, 0.15) is 37.7 Å². The molecule has 0 radical (unpaired) electrons. The molecule has 124 valence electrons. The van der Waals surface area contributed by atoms with Gasteiger partial charge in [-0.25, -0.2) is 0 Å². The average molecular weight is 314 g/mol. The zero-order valence-electron chi connectivity index (χ0n) is 14.0. The Kier molecular flexibility index (Phi) is 4.69. The van der Waals surface area contributed by atoms with Crippen LogP contribution in [-0.4, -0.2) is 30.3 Å². The average Bonchev–Trinajstić information content (AvgIpc) is 3.12. The van der Waals surface area contributed by atoms with Gasteiger partial charge in [0.25, 0.3) is 0 Å². The van der Waals surface area contributed by atoms with Crippen LogP contribution in [0.4, 0.5) is 5.69 Å². The fourth-order valence-corrected chi connectivity index (χ4v) is 4.15. The molecule has 4 nitrogen and oxygen atoms in total. The maximum atomic E-state index is 12.4. The summed E-state index contributed by atoms with van der Waals surface area (Å²) in [5, 5.41) is 2.84. The molecule has 2 bridgehead atoms. The van der Waals surface area contributed by atoms with Gasteiger partial charge in [-0.3, -0.25) is 9.59 Å². The lowest BCUT2D eigenvalue weighted by Gasteiger charge is -2.24. The highest BCUT2D eigenvalue weighted by molar-refractivity contribution is 5.94. The second-order valence-electron chi connectivity index (χ2n) is 7.30. The van der Waals surface area contributed by atoms with Gasteiger partial charge >= 0.3 is 0 Å². The molecule has 1 aromatic carbocycles. The number of carbonyl (C=O) groups is 2. The van der Waals surface area contributed by atoms with E-state index in [0.717, 1.165) is 23.1 Å². The van der Waals surface area contributed by atoms with E-state index in [9.17, 15) is 9.59 Å². The van der Waals surface area contributed by atoms with Crippen molar-refractivity contribution in [3.8, 4) is 0 Å². The molecule has 0 aliphatic heterocycles. The van der Waals surface area contributed by atoms with E-state index in [0.29, 0.717) is 12.3 Å². The van der Waals surface area contributed by atoms with Crippen molar-refractivity contribution in [2.75, 3.05) is 18.9 Å². The zero-order chi connectivity index (χ0) is 16.4. The molecule has 2 aliphatic rings. The fraction of sp³-hybridized carbons (Fsp3) is 0.579. The van der Waals surface area contributed by atoms with Crippen LogP contribution in [0.25, 0.3) is 0 Å². The van der Waals surface area contributed by atoms with E-state index in [1.807, 2.05) is 31.2 Å². The van der Waals surface area contributed by atoms with Crippen molar-refractivity contribution in [2.24, 2.45) is 17.8 Å². The highest BCUT2D eigenvalue weighted by atomic mass is 16.2. The van der Waals surface area contributed by atoms with Crippen molar-refractivity contribution in [1.29, 1.82) is 0 Å². The Morgan fingerprint density at radius 1 is 1.17 bits per heavy atom. The molecular formula is C19H26N2O2. The van der Waals surface area contributed by atoms with E-state index in [1.54, 1.807) is 11.9 Å². The number of nitrogens with one attached hydrogen (secondary N) is 1. The quantitative estimate of drug-likeness (QED) is 0.907. The van der Waals surface area contributed by atoms with Crippen LogP contribution in [-0.2, 0) is 9.59 Å². The molecule has 2 amide bonds. The summed E-state index contributed by atoms with van der Waals surface area (Å²) < 4.78 is 0. The van der Waals surface area contributed by atoms with Crippen LogP contribution in [0.3, 0.4) is 0 Å². The molecule has 3 unspecified atom stereocenters. The molecule has 3 rings (SSSR count). The third-order valence-electron chi connectivity index (χ3n) is 5.46. The summed E-state index contributed by atoms with van der Waals surface area (Å²) in [6.07, 6.45) is 5.77. The molecule has 0 saturated heterocycles. The molecule has 2 fully saturated rings. The highest BCUT2D eigenvalue weighted by Crippen LogP contribution is 2.49. The van der Waals surface area contributed by atoms with Gasteiger partial charge in [0.15, 0.2) is 0 Å². The van der Waals surface area contributed by atoms with Crippen molar-refractivity contribution in [3.05, 3.63) is 29.8 Å². The van der Waals surface area contributed by atoms with E-state index in [2.05, 4.69) is 5.32 Å². The minimum atomic E-state index is -0.141. The summed E-state index contributed by atoms with van der Waals surface area (Å²) in [5.41, 5.74) is 1.93. The van der Waals surface area contributed by atoms with Crippen LogP contribution in [0.15, 0.2) is 24.3 Å². The fourth-order valence-electron chi connectivity index (χ4n) is 4.15. The monoisotopic (exact) mass is 314 g/mol. The largest absolute Gasteiger partial charge is 0.336 e. The second kappa shape index (κ2) is 6.73. The SMILES string of the molecule is Cc1ccc(NC(=O)CN(C)C(=O)CC2CC3CCC2C3)cc1. The van der Waals surface area contributed by atoms with Crippen molar-refractivity contribution >= 4 is 17.5 Å². The number of anilines is 1. The molecule has 0 heterocycles. The van der Waals surface area contributed by atoms with Crippen molar-refractivity contribution in [2.45, 2.75) is 39.0 Å². The third kappa shape index (κ3) is 3.92. The maximum absolute atomic E-state index is 12.4. The summed E-state index contributed by atoms with van der Waals surface area (Å²) in [7, 11) is 1.73. The van der Waals surface area contributed by atoms with E-state index in [4.69, 9.17) is 0 Å². The number of likely N-dealkylation sites (N-methyl/N-ethyl adjacent to an activating group) is 1. The predicted molar refractivity (Wildman–Crippen MR) is 91.0 cm³/mol. The third-order valence-corrected chi connectivity index (χ3v) is 5.46. The first-order valence-corrected chi connectivity index (χ1v) is 8.61. The molecule has 4 heteroatoms. The van der Waals surface area contributed by atoms with Crippen molar-refractivity contribution < 1.29 is 9.59 Å².